The number of rotatable bonds is 8. The van der Waals surface area contributed by atoms with Gasteiger partial charge in [0.05, 0.1) is 58.6 Å². The third kappa shape index (κ3) is 4.94. The van der Waals surface area contributed by atoms with Crippen LogP contribution in [-0.4, -0.2) is 63.2 Å². The highest BCUT2D eigenvalue weighted by Crippen LogP contribution is 2.26. The molecule has 0 saturated carbocycles. The van der Waals surface area contributed by atoms with Gasteiger partial charge in [0, 0.05) is 19.0 Å². The van der Waals surface area contributed by atoms with Crippen molar-refractivity contribution in [3.05, 3.63) is 59.4 Å². The van der Waals surface area contributed by atoms with Crippen LogP contribution in [0.25, 0.3) is 16.9 Å². The quantitative estimate of drug-likeness (QED) is 0.473. The fraction of sp³-hybridized carbons (Fsp3) is 0.292. The molecule has 0 aliphatic carbocycles. The molecule has 34 heavy (non-hydrogen) atoms. The minimum Gasteiger partial charge on any atom is -0.387 e. The highest BCUT2D eigenvalue weighted by molar-refractivity contribution is 6.00. The van der Waals surface area contributed by atoms with Crippen molar-refractivity contribution in [2.45, 2.75) is 25.6 Å². The van der Waals surface area contributed by atoms with Crippen molar-refractivity contribution in [2.75, 3.05) is 25.0 Å². The van der Waals surface area contributed by atoms with Gasteiger partial charge < -0.3 is 15.7 Å². The number of nitriles is 1. The number of nitrogens with zero attached hydrogens (tertiary/aromatic N) is 5. The average Bonchev–Trinajstić information content (AvgIpc) is 3.49. The molecule has 1 aliphatic heterocycles. The van der Waals surface area contributed by atoms with E-state index in [-0.39, 0.29) is 12.1 Å². The van der Waals surface area contributed by atoms with E-state index >= 15 is 0 Å². The Balaban J connectivity index is 1.65. The maximum absolute atomic E-state index is 14.1. The Bertz CT molecular complexity index is 1330. The minimum atomic E-state index is -1.63. The van der Waals surface area contributed by atoms with E-state index < -0.39 is 17.7 Å². The van der Waals surface area contributed by atoms with Crippen molar-refractivity contribution in [1.82, 2.24) is 19.9 Å². The number of halogens is 1. The first kappa shape index (κ1) is 23.1. The van der Waals surface area contributed by atoms with Crippen LogP contribution in [0.15, 0.2) is 53.3 Å². The van der Waals surface area contributed by atoms with Crippen LogP contribution in [0.5, 0.6) is 0 Å². The second kappa shape index (κ2) is 9.41. The summed E-state index contributed by atoms with van der Waals surface area (Å²) in [5.74, 6) is -0.515. The SMILES string of the molecule is CC(C)(O)[C@H](F)CNC(=O)c1cnc(-c2ccc3cc(C#N)cnn23)cc1NCC1=CCN=C1. The Morgan fingerprint density at radius 2 is 2.18 bits per heavy atom. The predicted octanol–water partition coefficient (Wildman–Crippen LogP) is 2.53. The first-order valence-electron chi connectivity index (χ1n) is 10.7. The number of amides is 1. The molecule has 1 atom stereocenters. The first-order valence-corrected chi connectivity index (χ1v) is 10.7. The number of pyridine rings is 1. The van der Waals surface area contributed by atoms with Crippen LogP contribution < -0.4 is 10.6 Å². The largest absolute Gasteiger partial charge is 0.387 e. The number of fused-ring (bicyclic) bond motifs is 1. The zero-order valence-corrected chi connectivity index (χ0v) is 18.8. The predicted molar refractivity (Wildman–Crippen MR) is 127 cm³/mol. The summed E-state index contributed by atoms with van der Waals surface area (Å²) < 4.78 is 15.8. The summed E-state index contributed by atoms with van der Waals surface area (Å²) in [6.45, 7) is 3.42. The van der Waals surface area contributed by atoms with Gasteiger partial charge in [-0.3, -0.25) is 14.8 Å². The van der Waals surface area contributed by atoms with Gasteiger partial charge in [-0.25, -0.2) is 8.91 Å². The van der Waals surface area contributed by atoms with Gasteiger partial charge in [-0.15, -0.1) is 0 Å². The lowest BCUT2D eigenvalue weighted by molar-refractivity contribution is -0.00177. The van der Waals surface area contributed by atoms with E-state index in [0.29, 0.717) is 35.7 Å². The number of aromatic nitrogens is 3. The third-order valence-electron chi connectivity index (χ3n) is 5.45. The van der Waals surface area contributed by atoms with Crippen LogP contribution in [0.1, 0.15) is 29.8 Å². The number of aliphatic imine (C=N–C) groups is 1. The monoisotopic (exact) mass is 461 g/mol. The molecule has 0 fully saturated rings. The minimum absolute atomic E-state index is 0.239. The fourth-order valence-electron chi connectivity index (χ4n) is 3.41. The molecule has 4 rings (SSSR count). The zero-order valence-electron chi connectivity index (χ0n) is 18.8. The van der Waals surface area contributed by atoms with Gasteiger partial charge in [0.2, 0.25) is 0 Å². The maximum Gasteiger partial charge on any atom is 0.255 e. The van der Waals surface area contributed by atoms with Gasteiger partial charge in [0.15, 0.2) is 0 Å². The van der Waals surface area contributed by atoms with Crippen molar-refractivity contribution in [2.24, 2.45) is 4.99 Å². The molecule has 1 aliphatic rings. The van der Waals surface area contributed by atoms with E-state index in [9.17, 15) is 14.3 Å². The summed E-state index contributed by atoms with van der Waals surface area (Å²) in [4.78, 5) is 21.4. The molecule has 174 valence electrons. The second-order valence-electron chi connectivity index (χ2n) is 8.48. The molecular formula is C24H24FN7O2. The van der Waals surface area contributed by atoms with Crippen molar-refractivity contribution in [3.8, 4) is 17.5 Å². The number of anilines is 1. The lowest BCUT2D eigenvalue weighted by Crippen LogP contribution is -2.42. The summed E-state index contributed by atoms with van der Waals surface area (Å²) in [6, 6.07) is 9.18. The normalized spacial score (nSPS) is 14.0. The highest BCUT2D eigenvalue weighted by Gasteiger charge is 2.27. The van der Waals surface area contributed by atoms with Gasteiger partial charge in [-0.05, 0) is 43.7 Å². The molecule has 9 nitrogen and oxygen atoms in total. The Hall–Kier alpha value is -4.10. The molecule has 0 spiro atoms. The van der Waals surface area contributed by atoms with Crippen LogP contribution >= 0.6 is 0 Å². The Morgan fingerprint density at radius 1 is 1.35 bits per heavy atom. The Morgan fingerprint density at radius 3 is 2.88 bits per heavy atom. The first-order chi connectivity index (χ1) is 16.3. The van der Waals surface area contributed by atoms with Gasteiger partial charge in [0.1, 0.15) is 12.2 Å². The number of carbonyl (C=O) groups excluding carboxylic acids is 1. The van der Waals surface area contributed by atoms with Crippen molar-refractivity contribution >= 4 is 23.3 Å². The fourth-order valence-corrected chi connectivity index (χ4v) is 3.41. The average molecular weight is 462 g/mol. The zero-order chi connectivity index (χ0) is 24.3. The highest BCUT2D eigenvalue weighted by atomic mass is 19.1. The molecule has 10 heteroatoms. The third-order valence-corrected chi connectivity index (χ3v) is 5.45. The number of hydrogen-bond acceptors (Lipinski definition) is 7. The van der Waals surface area contributed by atoms with Crippen molar-refractivity contribution in [1.29, 1.82) is 5.26 Å². The summed E-state index contributed by atoms with van der Waals surface area (Å²) in [7, 11) is 0. The van der Waals surface area contributed by atoms with Crippen LogP contribution in [0.4, 0.5) is 10.1 Å². The number of aliphatic hydroxyl groups is 1. The second-order valence-corrected chi connectivity index (χ2v) is 8.48. The molecule has 3 N–H and O–H groups in total. The van der Waals surface area contributed by atoms with Gasteiger partial charge in [-0.2, -0.15) is 10.4 Å². The molecule has 0 bridgehead atoms. The number of hydrogen-bond donors (Lipinski definition) is 3. The molecule has 0 radical (unpaired) electrons. The Labute approximate surface area is 195 Å². The molecule has 4 heterocycles. The van der Waals surface area contributed by atoms with E-state index in [2.05, 4.69) is 31.8 Å². The molecule has 0 unspecified atom stereocenters. The lowest BCUT2D eigenvalue weighted by atomic mass is 10.0. The lowest BCUT2D eigenvalue weighted by Gasteiger charge is -2.22. The number of alkyl halides is 1. The van der Waals surface area contributed by atoms with E-state index in [4.69, 9.17) is 5.26 Å². The number of nitrogens with one attached hydrogen (secondary N) is 2. The molecule has 3 aromatic heterocycles. The van der Waals surface area contributed by atoms with Gasteiger partial charge >= 0.3 is 0 Å². The standard InChI is InChI=1S/C24H24FN7O2/c1-24(2,34)22(25)14-30-23(33)18-13-29-20(8-19(18)28-11-15-5-6-27-10-15)21-4-3-17-7-16(9-26)12-31-32(17)21/h3-5,7-8,10,12-13,22,34H,6,11,14H2,1-2H3,(H,28,29)(H,30,33)/t22-/m1/s1. The topological polar surface area (TPSA) is 128 Å². The van der Waals surface area contributed by atoms with Gasteiger partial charge in [-0.1, -0.05) is 6.08 Å². The van der Waals surface area contributed by atoms with Gasteiger partial charge in [0.25, 0.3) is 5.91 Å². The molecule has 0 aromatic carbocycles. The van der Waals surface area contributed by atoms with E-state index in [1.807, 2.05) is 18.2 Å². The molecule has 0 saturated heterocycles. The van der Waals surface area contributed by atoms with Crippen LogP contribution in [0, 0.1) is 11.3 Å². The van der Waals surface area contributed by atoms with E-state index in [1.165, 1.54) is 26.2 Å². The molecular weight excluding hydrogens is 437 g/mol. The van der Waals surface area contributed by atoms with Crippen LogP contribution in [0.3, 0.4) is 0 Å². The molecule has 3 aromatic rings. The van der Waals surface area contributed by atoms with Crippen molar-refractivity contribution in [3.63, 3.8) is 0 Å². The van der Waals surface area contributed by atoms with Crippen molar-refractivity contribution < 1.29 is 14.3 Å². The summed E-state index contributed by atoms with van der Waals surface area (Å²) in [6.07, 6.45) is 5.01. The summed E-state index contributed by atoms with van der Waals surface area (Å²) >= 11 is 0. The molecule has 1 amide bonds. The smallest absolute Gasteiger partial charge is 0.255 e. The summed E-state index contributed by atoms with van der Waals surface area (Å²) in [5.41, 5.74) is 2.58. The number of carbonyl (C=O) groups is 1. The van der Waals surface area contributed by atoms with E-state index in [0.717, 1.165) is 11.1 Å². The van der Waals surface area contributed by atoms with Crippen LogP contribution in [0.2, 0.25) is 0 Å². The maximum atomic E-state index is 14.1. The van der Waals surface area contributed by atoms with E-state index in [1.54, 1.807) is 22.9 Å². The summed E-state index contributed by atoms with van der Waals surface area (Å²) in [5, 5.41) is 29.0. The van der Waals surface area contributed by atoms with Crippen LogP contribution in [-0.2, 0) is 0 Å². The Kier molecular flexibility index (Phi) is 6.38.